The maximum atomic E-state index is 12.8. The van der Waals surface area contributed by atoms with E-state index in [0.717, 1.165) is 23.3 Å². The number of hydrogen-bond acceptors (Lipinski definition) is 6. The van der Waals surface area contributed by atoms with Gasteiger partial charge in [0.25, 0.3) is 5.56 Å². The zero-order valence-corrected chi connectivity index (χ0v) is 18.7. The van der Waals surface area contributed by atoms with E-state index in [2.05, 4.69) is 17.0 Å². The molecule has 8 heteroatoms. The summed E-state index contributed by atoms with van der Waals surface area (Å²) in [7, 11) is 0. The van der Waals surface area contributed by atoms with Gasteiger partial charge < -0.3 is 9.15 Å². The van der Waals surface area contributed by atoms with Crippen LogP contribution in [0.15, 0.2) is 69.9 Å². The minimum atomic E-state index is -0.234. The molecule has 0 atom stereocenters. The van der Waals surface area contributed by atoms with Crippen LogP contribution in [0.1, 0.15) is 19.1 Å². The Hall–Kier alpha value is -3.42. The maximum Gasteiger partial charge on any atom is 0.291 e. The molecule has 0 spiro atoms. The summed E-state index contributed by atoms with van der Waals surface area (Å²) in [5, 5.41) is 5.00. The van der Waals surface area contributed by atoms with E-state index in [0.29, 0.717) is 38.5 Å². The molecule has 5 aromatic rings. The number of aromatic nitrogens is 3. The molecule has 0 bridgehead atoms. The van der Waals surface area contributed by atoms with Gasteiger partial charge in [0.2, 0.25) is 4.96 Å². The molecule has 0 saturated carbocycles. The molecule has 3 aromatic heterocycles. The molecule has 0 saturated heterocycles. The number of ether oxygens (including phenoxy) is 1. The summed E-state index contributed by atoms with van der Waals surface area (Å²) in [6, 6.07) is 18.6. The van der Waals surface area contributed by atoms with Crippen molar-refractivity contribution in [3.8, 4) is 28.5 Å². The minimum absolute atomic E-state index is 0.234. The van der Waals surface area contributed by atoms with Crippen LogP contribution < -0.4 is 14.8 Å². The van der Waals surface area contributed by atoms with Crippen molar-refractivity contribution in [1.29, 1.82) is 0 Å². The zero-order chi connectivity index (χ0) is 22.1. The molecule has 3 heterocycles. The van der Waals surface area contributed by atoms with E-state index in [1.807, 2.05) is 60.7 Å². The quantitative estimate of drug-likeness (QED) is 0.351. The Morgan fingerprint density at radius 1 is 1.12 bits per heavy atom. The van der Waals surface area contributed by atoms with Crippen molar-refractivity contribution in [2.75, 3.05) is 6.61 Å². The van der Waals surface area contributed by atoms with Crippen molar-refractivity contribution in [3.63, 3.8) is 0 Å². The first-order valence-corrected chi connectivity index (χ1v) is 11.3. The van der Waals surface area contributed by atoms with E-state index in [-0.39, 0.29) is 5.56 Å². The fourth-order valence-corrected chi connectivity index (χ4v) is 4.36. The van der Waals surface area contributed by atoms with Crippen LogP contribution in [0.3, 0.4) is 0 Å². The predicted molar refractivity (Wildman–Crippen MR) is 126 cm³/mol. The highest BCUT2D eigenvalue weighted by atomic mass is 35.5. The monoisotopic (exact) mass is 463 g/mol. The van der Waals surface area contributed by atoms with Crippen LogP contribution in [0.25, 0.3) is 33.7 Å². The molecule has 160 valence electrons. The first-order valence-electron chi connectivity index (χ1n) is 10.1. The predicted octanol–water partition coefficient (Wildman–Crippen LogP) is 5.07. The van der Waals surface area contributed by atoms with Gasteiger partial charge in [-0.25, -0.2) is 0 Å². The van der Waals surface area contributed by atoms with Gasteiger partial charge in [0.05, 0.1) is 11.6 Å². The average Bonchev–Trinajstić information content (AvgIpc) is 3.51. The molecular formula is C24H18ClN3O3S. The molecule has 0 unspecified atom stereocenters. The van der Waals surface area contributed by atoms with Gasteiger partial charge in [-0.1, -0.05) is 42.0 Å². The lowest BCUT2D eigenvalue weighted by Crippen LogP contribution is -2.23. The summed E-state index contributed by atoms with van der Waals surface area (Å²) in [6.07, 6.45) is 2.65. The van der Waals surface area contributed by atoms with Crippen molar-refractivity contribution in [3.05, 3.63) is 86.3 Å². The smallest absolute Gasteiger partial charge is 0.291 e. The highest BCUT2D eigenvalue weighted by molar-refractivity contribution is 7.15. The van der Waals surface area contributed by atoms with Crippen molar-refractivity contribution < 1.29 is 9.15 Å². The number of rotatable bonds is 6. The lowest BCUT2D eigenvalue weighted by atomic mass is 10.2. The standard InChI is InChI=1S/C24H18ClN3O3S/c1-2-13-30-16-9-7-15(8-10-16)22-26-24-28(27-22)23(29)21(32-24)14-17-11-12-20(31-17)18-5-3-4-6-19(18)25/h3-12,14H,2,13H2,1H3/b21-14+. The normalized spacial score (nSPS) is 12.0. The van der Waals surface area contributed by atoms with Gasteiger partial charge in [-0.15, -0.1) is 5.10 Å². The topological polar surface area (TPSA) is 69.6 Å². The SMILES string of the molecule is CCCOc1ccc(-c2nc3s/c(=C/c4ccc(-c5ccccc5Cl)o4)c(=O)n3n2)cc1. The number of halogens is 1. The third-order valence-electron chi connectivity index (χ3n) is 4.81. The molecule has 0 radical (unpaired) electrons. The van der Waals surface area contributed by atoms with Crippen molar-refractivity contribution >= 4 is 34.0 Å². The number of thiazole rings is 1. The second-order valence-electron chi connectivity index (χ2n) is 7.10. The van der Waals surface area contributed by atoms with Gasteiger partial charge in [-0.05, 0) is 55.0 Å². The maximum absolute atomic E-state index is 12.8. The van der Waals surface area contributed by atoms with Gasteiger partial charge in [0, 0.05) is 17.2 Å². The van der Waals surface area contributed by atoms with E-state index in [1.54, 1.807) is 6.08 Å². The Morgan fingerprint density at radius 3 is 2.69 bits per heavy atom. The molecular weight excluding hydrogens is 446 g/mol. The number of benzene rings is 2. The lowest BCUT2D eigenvalue weighted by molar-refractivity contribution is 0.317. The van der Waals surface area contributed by atoms with E-state index in [9.17, 15) is 4.79 Å². The van der Waals surface area contributed by atoms with Crippen LogP contribution in [0, 0.1) is 0 Å². The Bertz CT molecular complexity index is 1500. The second kappa shape index (κ2) is 8.61. The summed E-state index contributed by atoms with van der Waals surface area (Å²) >= 11 is 7.51. The Kier molecular flexibility index (Phi) is 5.51. The summed E-state index contributed by atoms with van der Waals surface area (Å²) in [4.78, 5) is 17.9. The van der Waals surface area contributed by atoms with Crippen LogP contribution in [0.2, 0.25) is 5.02 Å². The first kappa shape index (κ1) is 20.5. The molecule has 6 nitrogen and oxygen atoms in total. The first-order chi connectivity index (χ1) is 15.6. The molecule has 5 rings (SSSR count). The van der Waals surface area contributed by atoms with Crippen LogP contribution in [-0.2, 0) is 0 Å². The highest BCUT2D eigenvalue weighted by Crippen LogP contribution is 2.29. The van der Waals surface area contributed by atoms with Crippen LogP contribution in [0.5, 0.6) is 5.75 Å². The van der Waals surface area contributed by atoms with E-state index < -0.39 is 0 Å². The fraction of sp³-hybridized carbons (Fsp3) is 0.125. The van der Waals surface area contributed by atoms with Crippen LogP contribution >= 0.6 is 22.9 Å². The number of furan rings is 1. The van der Waals surface area contributed by atoms with Gasteiger partial charge in [0.15, 0.2) is 5.82 Å². The largest absolute Gasteiger partial charge is 0.494 e. The highest BCUT2D eigenvalue weighted by Gasteiger charge is 2.13. The van der Waals surface area contributed by atoms with Gasteiger partial charge >= 0.3 is 0 Å². The molecule has 0 amide bonds. The molecule has 0 aliphatic carbocycles. The molecule has 0 N–H and O–H groups in total. The Labute approximate surface area is 192 Å². The van der Waals surface area contributed by atoms with Gasteiger partial charge in [-0.3, -0.25) is 4.79 Å². The van der Waals surface area contributed by atoms with E-state index in [4.69, 9.17) is 20.8 Å². The summed E-state index contributed by atoms with van der Waals surface area (Å²) in [6.45, 7) is 2.73. The summed E-state index contributed by atoms with van der Waals surface area (Å²) in [5.74, 6) is 2.50. The minimum Gasteiger partial charge on any atom is -0.494 e. The fourth-order valence-electron chi connectivity index (χ4n) is 3.24. The third-order valence-corrected chi connectivity index (χ3v) is 6.10. The van der Waals surface area contributed by atoms with Crippen LogP contribution in [0.4, 0.5) is 0 Å². The van der Waals surface area contributed by atoms with Crippen molar-refractivity contribution in [2.24, 2.45) is 0 Å². The summed E-state index contributed by atoms with van der Waals surface area (Å²) < 4.78 is 13.3. The number of nitrogens with zero attached hydrogens (tertiary/aromatic N) is 3. The number of hydrogen-bond donors (Lipinski definition) is 0. The lowest BCUT2D eigenvalue weighted by Gasteiger charge is -2.04. The van der Waals surface area contributed by atoms with Gasteiger partial charge in [-0.2, -0.15) is 9.50 Å². The molecule has 0 fully saturated rings. The average molecular weight is 464 g/mol. The van der Waals surface area contributed by atoms with Crippen LogP contribution in [-0.4, -0.2) is 21.2 Å². The number of fused-ring (bicyclic) bond motifs is 1. The molecule has 2 aromatic carbocycles. The second-order valence-corrected chi connectivity index (χ2v) is 8.52. The molecule has 0 aliphatic heterocycles. The molecule has 32 heavy (non-hydrogen) atoms. The third kappa shape index (κ3) is 3.92. The summed E-state index contributed by atoms with van der Waals surface area (Å²) in [5.41, 5.74) is 1.39. The van der Waals surface area contributed by atoms with Crippen molar-refractivity contribution in [1.82, 2.24) is 14.6 Å². The van der Waals surface area contributed by atoms with Gasteiger partial charge in [0.1, 0.15) is 21.8 Å². The zero-order valence-electron chi connectivity index (χ0n) is 17.1. The van der Waals surface area contributed by atoms with Crippen molar-refractivity contribution in [2.45, 2.75) is 13.3 Å². The van der Waals surface area contributed by atoms with E-state index in [1.165, 1.54) is 15.9 Å². The Morgan fingerprint density at radius 2 is 1.94 bits per heavy atom. The Balaban J connectivity index is 1.44. The van der Waals surface area contributed by atoms with E-state index >= 15 is 0 Å². The molecule has 0 aliphatic rings.